The maximum atomic E-state index is 15.1. The van der Waals surface area contributed by atoms with Crippen LogP contribution < -0.4 is 38.8 Å². The molecule has 10 unspecified atom stereocenters. The molecule has 13 heterocycles. The van der Waals surface area contributed by atoms with Crippen LogP contribution in [0.2, 0.25) is 0 Å². The van der Waals surface area contributed by atoms with Crippen molar-refractivity contribution in [3.05, 3.63) is 159 Å². The molecule has 12 atom stereocenters. The second-order valence-electron chi connectivity index (χ2n) is 45.7. The van der Waals surface area contributed by atoms with Crippen molar-refractivity contribution >= 4 is 105 Å². The van der Waals surface area contributed by atoms with E-state index in [4.69, 9.17) is 19.3 Å². The van der Waals surface area contributed by atoms with Crippen molar-refractivity contribution in [2.45, 2.75) is 221 Å². The van der Waals surface area contributed by atoms with Crippen molar-refractivity contribution in [2.75, 3.05) is 135 Å². The molecular formula is C111H138N16O16S3. The average Bonchev–Trinajstić information content (AvgIpc) is 1.52. The highest BCUT2D eigenvalue weighted by molar-refractivity contribution is 7.88. The van der Waals surface area contributed by atoms with Gasteiger partial charge in [0.25, 0.3) is 27.9 Å². The van der Waals surface area contributed by atoms with Crippen LogP contribution in [-0.4, -0.2) is 266 Å². The normalized spacial score (nSPS) is 27.1. The molecule has 0 bridgehead atoms. The summed E-state index contributed by atoms with van der Waals surface area (Å²) in [6, 6.07) is 36.4. The van der Waals surface area contributed by atoms with Gasteiger partial charge in [-0.05, 0) is 264 Å². The first-order valence-electron chi connectivity index (χ1n) is 53.4. The number of urea groups is 1. The standard InChI is InChI=1S/C40H50N6O6S.C37H47N5O5S.C34H41N5O5S/c1-42(2)53(50,51)41-37(47)26-11-13-31-34(17-26)46-24-40(38(48)44-20-27-22-45(23-28(27)21-44)39(49)43-15-7-8-16-43)19-33(40)32-18-29(52-3)12-14-30(32)36(46)35(31)25-9-5-4-6-10-25;1-39(2)48(45,46)38-35(43)24-12-14-28-31(17-24)42-22-37(36(44)41-16-8-11-25-20-40(3)21-32(25)41)19-30(37)29-18-26(47-4)13-15-27(29)34(42)33(28)23-9-6-5-7-10-23;1-44-23-8-10-24-26(16-23)27-17-34(27,33(41)38-14-12-28-22(18-38)11-13-36-28)19-39-29-15-21(32(40)37-45(35,42)43)7-9-25(29)30(31(24)39)20-5-3-2-4-6-20/h11-14,17-18,25,27-28,33H,4-10,15-16,19-24H2,1-3H3,(H,41,47);12-15,17-18,23,25,30,32H,5-11,16,19-22H2,1-4H3,(H,38,43);7-10,15-16,20,22,27-28,36H,2-6,11-14,17-19H2,1H3,(H,37,40)(H2,35,42,43)/t;25-,30?,32+,37?;/m.0./s1. The van der Waals surface area contributed by atoms with E-state index in [1.165, 1.54) is 89.0 Å². The summed E-state index contributed by atoms with van der Waals surface area (Å²) in [6.45, 7) is 11.2. The number of rotatable bonds is 17. The number of likely N-dealkylation sites (tertiary alicyclic amines) is 6. The molecule has 9 aromatic rings. The number of carbonyl (C=O) groups excluding carboxylic acids is 7. The minimum Gasteiger partial charge on any atom is -0.497 e. The van der Waals surface area contributed by atoms with Crippen LogP contribution >= 0.6 is 0 Å². The number of fused-ring (bicyclic) bond motifs is 24. The first kappa shape index (κ1) is 98.4. The number of carbonyl (C=O) groups is 7. The summed E-state index contributed by atoms with van der Waals surface area (Å²) in [5.41, 5.74) is 15.5. The Morgan fingerprint density at radius 2 is 0.781 bits per heavy atom. The Hall–Kier alpha value is -10.9. The average molecular weight is 2050 g/mol. The fraction of sp³-hybridized carbons (Fsp3) is 0.559. The highest BCUT2D eigenvalue weighted by Crippen LogP contribution is 2.70. The van der Waals surface area contributed by atoms with E-state index in [-0.39, 0.29) is 76.1 Å². The molecule has 0 spiro atoms. The number of amides is 8. The van der Waals surface area contributed by atoms with Crippen LogP contribution in [0.1, 0.15) is 254 Å². The van der Waals surface area contributed by atoms with Crippen molar-refractivity contribution in [1.29, 1.82) is 0 Å². The Labute approximate surface area is 855 Å². The third-order valence-electron chi connectivity index (χ3n) is 36.9. The van der Waals surface area contributed by atoms with Gasteiger partial charge in [-0.2, -0.15) is 33.9 Å². The summed E-state index contributed by atoms with van der Waals surface area (Å²) in [4.78, 5) is 111. The second-order valence-corrected chi connectivity index (χ2v) is 50.8. The van der Waals surface area contributed by atoms with Gasteiger partial charge >= 0.3 is 26.4 Å². The van der Waals surface area contributed by atoms with Gasteiger partial charge in [0.15, 0.2) is 0 Å². The van der Waals surface area contributed by atoms with E-state index in [2.05, 4.69) is 91.5 Å². The van der Waals surface area contributed by atoms with Gasteiger partial charge in [0.05, 0.1) is 54.7 Å². The predicted molar refractivity (Wildman–Crippen MR) is 558 cm³/mol. The van der Waals surface area contributed by atoms with Crippen LogP contribution in [0.15, 0.2) is 109 Å². The number of nitrogens with one attached hydrogen (secondary N) is 4. The van der Waals surface area contributed by atoms with Gasteiger partial charge in [0, 0.05) is 228 Å². The number of nitrogens with two attached hydrogens (primary N) is 1. The van der Waals surface area contributed by atoms with Gasteiger partial charge in [-0.3, -0.25) is 28.8 Å². The maximum Gasteiger partial charge on any atom is 0.320 e. The largest absolute Gasteiger partial charge is 0.497 e. The number of aromatic nitrogens is 3. The minimum atomic E-state index is -4.22. The summed E-state index contributed by atoms with van der Waals surface area (Å²) in [7, 11) is 0.597. The van der Waals surface area contributed by atoms with E-state index in [1.807, 2.05) is 63.1 Å². The van der Waals surface area contributed by atoms with Gasteiger partial charge in [0.1, 0.15) is 17.2 Å². The van der Waals surface area contributed by atoms with E-state index in [1.54, 1.807) is 45.6 Å². The highest BCUT2D eigenvalue weighted by atomic mass is 32.2. The molecule has 35 heteroatoms. The predicted octanol–water partition coefficient (Wildman–Crippen LogP) is 13.9. The van der Waals surface area contributed by atoms with E-state index < -0.39 is 64.6 Å². The number of methoxy groups -OCH3 is 3. The SMILES string of the molecule is COc1ccc2c(c1)C1CC1(C(=O)N1CC3CN(C(=O)N4CCCC4)CC3C1)Cn1c-2c(C2CCCCC2)c2ccc(C(=O)NS(=O)(=O)N(C)C)cc21.COc1ccc2c(c1)C1CC1(C(=O)N1CCC3NCCC3C1)Cn1c-2c(C2CCCCC2)c2ccc(C(=O)NS(N)(=O)=O)cc21.COc1ccc2c(c1)C1CC1(C(=O)N1CCC[C@H]3CN(C)C[C@H]31)Cn1c-2c(C2CCCCC2)c2ccc(C(=O)NS(=O)(=O)N(C)C)cc21. The lowest BCUT2D eigenvalue weighted by atomic mass is 9.81. The number of piperidine rings is 2. The molecule has 146 heavy (non-hydrogen) atoms. The zero-order chi connectivity index (χ0) is 101. The van der Waals surface area contributed by atoms with Crippen molar-refractivity contribution in [3.63, 3.8) is 0 Å². The van der Waals surface area contributed by atoms with Gasteiger partial charge in [0.2, 0.25) is 17.7 Å². The van der Waals surface area contributed by atoms with Crippen LogP contribution in [0, 0.1) is 39.9 Å². The molecule has 32 nitrogen and oxygen atoms in total. The number of ether oxygens (including phenoxy) is 3. The van der Waals surface area contributed by atoms with Crippen molar-refractivity contribution in [2.24, 2.45) is 45.1 Å². The van der Waals surface area contributed by atoms with Crippen LogP contribution in [0.5, 0.6) is 17.2 Å². The monoisotopic (exact) mass is 2050 g/mol. The van der Waals surface area contributed by atoms with E-state index in [0.717, 1.165) is 271 Å². The first-order valence-corrected chi connectivity index (χ1v) is 57.8. The molecule has 16 aliphatic rings. The molecular weight excluding hydrogens is 1910 g/mol. The summed E-state index contributed by atoms with van der Waals surface area (Å²) in [5, 5.41) is 12.0. The molecule has 13 fully saturated rings. The summed E-state index contributed by atoms with van der Waals surface area (Å²) >= 11 is 0. The van der Waals surface area contributed by atoms with E-state index in [9.17, 15) is 49.2 Å². The third kappa shape index (κ3) is 17.1. The molecule has 3 aromatic heterocycles. The number of likely N-dealkylation sites (N-methyl/N-ethyl adjacent to an activating group) is 1. The van der Waals surface area contributed by atoms with Crippen LogP contribution in [0.25, 0.3) is 66.5 Å². The molecule has 6 N–H and O–H groups in total. The fourth-order valence-corrected chi connectivity index (χ4v) is 30.6. The van der Waals surface area contributed by atoms with Crippen LogP contribution in [-0.2, 0) is 64.6 Å². The Bertz CT molecular complexity index is 7180. The number of hydrogen-bond donors (Lipinski definition) is 5. The summed E-state index contributed by atoms with van der Waals surface area (Å²) < 4.78 is 106. The van der Waals surface area contributed by atoms with Gasteiger partial charge in [-0.25, -0.2) is 24.1 Å². The molecule has 25 rings (SSSR count). The van der Waals surface area contributed by atoms with Crippen molar-refractivity contribution in [3.8, 4) is 51.0 Å². The van der Waals surface area contributed by atoms with Crippen LogP contribution in [0.4, 0.5) is 4.79 Å². The first-order chi connectivity index (χ1) is 70.2. The maximum absolute atomic E-state index is 15.1. The molecule has 6 saturated carbocycles. The minimum absolute atomic E-state index is 0.0136. The molecule has 6 aliphatic carbocycles. The molecule has 776 valence electrons. The Kier molecular flexibility index (Phi) is 25.4. The Morgan fingerprint density at radius 3 is 1.18 bits per heavy atom. The van der Waals surface area contributed by atoms with Gasteiger partial charge in [-0.15, -0.1) is 0 Å². The molecule has 10 aliphatic heterocycles. The zero-order valence-electron chi connectivity index (χ0n) is 85.2. The lowest BCUT2D eigenvalue weighted by Gasteiger charge is -2.39. The van der Waals surface area contributed by atoms with Gasteiger partial charge in [-0.1, -0.05) is 76.0 Å². The lowest BCUT2D eigenvalue weighted by Crippen LogP contribution is -2.52. The number of benzene rings is 6. The van der Waals surface area contributed by atoms with E-state index >= 15 is 9.59 Å². The summed E-state index contributed by atoms with van der Waals surface area (Å²) in [6.07, 6.45) is 25.8. The lowest BCUT2D eigenvalue weighted by molar-refractivity contribution is -0.142. The quantitative estimate of drug-likeness (QED) is 0.0565. The second kappa shape index (κ2) is 37.7. The van der Waals surface area contributed by atoms with Crippen LogP contribution in [0.3, 0.4) is 0 Å². The molecule has 7 saturated heterocycles. The number of hydrogen-bond acceptors (Lipinski definition) is 18. The van der Waals surface area contributed by atoms with Gasteiger partial charge < -0.3 is 62.6 Å². The fourth-order valence-electron chi connectivity index (χ4n) is 29.2. The molecule has 0 radical (unpaired) electrons. The number of nitrogens with zero attached hydrogens (tertiary/aromatic N) is 11. The smallest absolute Gasteiger partial charge is 0.320 e. The van der Waals surface area contributed by atoms with Crippen molar-refractivity contribution < 1.29 is 73.0 Å². The summed E-state index contributed by atoms with van der Waals surface area (Å²) in [5.74, 6) is 3.62. The zero-order valence-corrected chi connectivity index (χ0v) is 87.6. The molecule has 8 amide bonds. The Balaban J connectivity index is 0.000000121. The topological polar surface area (TPSA) is 364 Å². The highest BCUT2D eigenvalue weighted by Gasteiger charge is 2.68. The third-order valence-corrected chi connectivity index (χ3v) is 40.1. The van der Waals surface area contributed by atoms with Crippen molar-refractivity contribution in [1.82, 2.24) is 71.2 Å². The van der Waals surface area contributed by atoms with E-state index in [0.29, 0.717) is 81.4 Å². The molecule has 6 aromatic carbocycles. The Morgan fingerprint density at radius 1 is 0.390 bits per heavy atom.